The molecule has 218 valence electrons. The van der Waals surface area contributed by atoms with Gasteiger partial charge in [-0.15, -0.1) is 47.9 Å². The number of hydrogen-bond donors (Lipinski definition) is 2. The Morgan fingerprint density at radius 2 is 2.05 bits per heavy atom. The largest absolute Gasteiger partial charge is 0.543 e. The number of oxime groups is 1. The number of thioether (sulfide) groups is 2. The van der Waals surface area contributed by atoms with E-state index >= 15 is 0 Å². The van der Waals surface area contributed by atoms with Crippen molar-refractivity contribution in [3.8, 4) is 11.3 Å². The lowest BCUT2D eigenvalue weighted by Gasteiger charge is -2.50. The van der Waals surface area contributed by atoms with E-state index in [0.717, 1.165) is 27.7 Å². The predicted octanol–water partition coefficient (Wildman–Crippen LogP) is 0.806. The van der Waals surface area contributed by atoms with Gasteiger partial charge >= 0.3 is 0 Å². The summed E-state index contributed by atoms with van der Waals surface area (Å²) in [6, 6.07) is 2.89. The van der Waals surface area contributed by atoms with E-state index in [1.807, 2.05) is 41.5 Å². The number of fused-ring (bicyclic) bond motifs is 1. The highest BCUT2D eigenvalue weighted by atomic mass is 35.5. The molecule has 0 spiro atoms. The molecule has 5 heterocycles. The number of carboxylic acids is 1. The maximum atomic E-state index is 13.1. The van der Waals surface area contributed by atoms with E-state index in [0.29, 0.717) is 9.24 Å². The molecule has 0 saturated carbocycles. The van der Waals surface area contributed by atoms with Gasteiger partial charge in [0.2, 0.25) is 11.5 Å². The predicted molar refractivity (Wildman–Crippen MR) is 159 cm³/mol. The molecule has 0 bridgehead atoms. The first-order valence-corrected chi connectivity index (χ1v) is 14.9. The lowest BCUT2D eigenvalue weighted by molar-refractivity contribution is -0.671. The van der Waals surface area contributed by atoms with Gasteiger partial charge in [-0.2, -0.15) is 9.36 Å². The number of nitrogens with one attached hydrogen (secondary N) is 1. The van der Waals surface area contributed by atoms with Gasteiger partial charge in [-0.25, -0.2) is 9.55 Å². The molecule has 0 unspecified atom stereocenters. The van der Waals surface area contributed by atoms with Crippen LogP contribution in [0.4, 0.5) is 5.13 Å². The number of carbonyl (C=O) groups is 3. The van der Waals surface area contributed by atoms with Crippen molar-refractivity contribution in [2.75, 3.05) is 18.1 Å². The second-order valence-corrected chi connectivity index (χ2v) is 12.2. The van der Waals surface area contributed by atoms with Crippen LogP contribution in [0.25, 0.3) is 11.3 Å². The van der Waals surface area contributed by atoms with Crippen molar-refractivity contribution >= 4 is 99.8 Å². The molecule has 2 aliphatic heterocycles. The maximum Gasteiger partial charge on any atom is 0.278 e. The van der Waals surface area contributed by atoms with Gasteiger partial charge in [0, 0.05) is 45.3 Å². The molecule has 5 rings (SSSR count). The van der Waals surface area contributed by atoms with E-state index < -0.39 is 29.2 Å². The van der Waals surface area contributed by atoms with Crippen molar-refractivity contribution in [2.24, 2.45) is 12.2 Å². The molecule has 1 fully saturated rings. The minimum absolute atomic E-state index is 0. The van der Waals surface area contributed by atoms with Crippen molar-refractivity contribution in [1.82, 2.24) is 24.6 Å². The number of carboxylic acid groups (broad SMARTS) is 1. The number of halogens is 2. The number of carbonyl (C=O) groups excluding carboxylic acids is 3. The second-order valence-electron chi connectivity index (χ2n) is 8.09. The second kappa shape index (κ2) is 13.8. The summed E-state index contributed by atoms with van der Waals surface area (Å²) >= 11 is 4.77. The Hall–Kier alpha value is -2.96. The molecular formula is C22H22Cl2N8O5S4. The molecule has 2 atom stereocenters. The lowest BCUT2D eigenvalue weighted by atomic mass is 10.0. The SMILES string of the molecule is CCO/N=C(\C(=O)N[C@@H]1C(=O)N2C(C(=O)[O-])=C(Sc3nc(-c4cc[n+](C)cc4)cs3)CS[C@H]12)c1nsc(N)n1.Cl.Cl. The molecule has 13 nitrogen and oxygen atoms in total. The number of hydrogen-bond acceptors (Lipinski definition) is 14. The number of pyridine rings is 1. The molecule has 2 aliphatic rings. The van der Waals surface area contributed by atoms with E-state index in [-0.39, 0.29) is 59.5 Å². The summed E-state index contributed by atoms with van der Waals surface area (Å²) in [5, 5.41) is 19.9. The topological polar surface area (TPSA) is 180 Å². The van der Waals surface area contributed by atoms with Crippen molar-refractivity contribution in [2.45, 2.75) is 22.7 Å². The van der Waals surface area contributed by atoms with Crippen LogP contribution in [0.2, 0.25) is 0 Å². The summed E-state index contributed by atoms with van der Waals surface area (Å²) in [6.07, 6.45) is 3.82. The Labute approximate surface area is 262 Å². The number of nitrogen functional groups attached to an aromatic ring is 1. The number of aliphatic carboxylic acids is 1. The van der Waals surface area contributed by atoms with E-state index in [1.54, 1.807) is 6.92 Å². The molecule has 0 radical (unpaired) electrons. The Balaban J connectivity index is 0.00000231. The fourth-order valence-corrected chi connectivity index (χ4v) is 7.62. The summed E-state index contributed by atoms with van der Waals surface area (Å²) in [6.45, 7) is 1.88. The minimum atomic E-state index is -1.48. The van der Waals surface area contributed by atoms with Crippen LogP contribution in [0.5, 0.6) is 0 Å². The Morgan fingerprint density at radius 1 is 1.32 bits per heavy atom. The highest BCUT2D eigenvalue weighted by Crippen LogP contribution is 2.45. The normalized spacial score (nSPS) is 18.0. The minimum Gasteiger partial charge on any atom is -0.543 e. The molecule has 19 heteroatoms. The van der Waals surface area contributed by atoms with Crippen molar-refractivity contribution in [3.05, 3.63) is 46.3 Å². The number of nitrogens with zero attached hydrogens (tertiary/aromatic N) is 6. The van der Waals surface area contributed by atoms with Crippen LogP contribution in [0.15, 0.2) is 50.0 Å². The molecular weight excluding hydrogens is 655 g/mol. The van der Waals surface area contributed by atoms with Crippen LogP contribution in [0.3, 0.4) is 0 Å². The number of aryl methyl sites for hydroxylation is 1. The van der Waals surface area contributed by atoms with Gasteiger partial charge in [0.05, 0.1) is 17.4 Å². The number of nitrogens with two attached hydrogens (primary N) is 1. The van der Waals surface area contributed by atoms with Gasteiger partial charge in [-0.3, -0.25) is 14.5 Å². The number of amides is 2. The first-order valence-electron chi connectivity index (χ1n) is 11.4. The molecule has 0 aromatic carbocycles. The molecule has 1 saturated heterocycles. The zero-order valence-electron chi connectivity index (χ0n) is 21.2. The van der Waals surface area contributed by atoms with E-state index in [1.165, 1.54) is 34.9 Å². The van der Waals surface area contributed by atoms with Crippen LogP contribution in [-0.2, 0) is 26.3 Å². The van der Waals surface area contributed by atoms with Crippen LogP contribution in [-0.4, -0.2) is 66.5 Å². The molecule has 3 aromatic heterocycles. The van der Waals surface area contributed by atoms with Crippen molar-refractivity contribution < 1.29 is 28.9 Å². The van der Waals surface area contributed by atoms with Gasteiger partial charge in [-0.1, -0.05) is 16.9 Å². The molecule has 3 aromatic rings. The zero-order chi connectivity index (χ0) is 27.7. The van der Waals surface area contributed by atoms with E-state index in [9.17, 15) is 19.5 Å². The Morgan fingerprint density at radius 3 is 2.68 bits per heavy atom. The third-order valence-electron chi connectivity index (χ3n) is 5.53. The van der Waals surface area contributed by atoms with Gasteiger partial charge in [0.15, 0.2) is 21.9 Å². The average Bonchev–Trinajstić information content (AvgIpc) is 3.56. The third-order valence-corrected chi connectivity index (χ3v) is 9.56. The van der Waals surface area contributed by atoms with Crippen LogP contribution in [0.1, 0.15) is 12.7 Å². The number of β-lactam (4-membered cyclic amide) rings is 1. The summed E-state index contributed by atoms with van der Waals surface area (Å²) in [5.41, 5.74) is 6.86. The summed E-state index contributed by atoms with van der Waals surface area (Å²) in [7, 11) is 1.92. The smallest absolute Gasteiger partial charge is 0.278 e. The number of thiazole rings is 1. The first-order chi connectivity index (χ1) is 18.8. The average molecular weight is 678 g/mol. The van der Waals surface area contributed by atoms with E-state index in [4.69, 9.17) is 10.6 Å². The fraction of sp³-hybridized carbons (Fsp3) is 0.273. The van der Waals surface area contributed by atoms with Crippen molar-refractivity contribution in [3.63, 3.8) is 0 Å². The van der Waals surface area contributed by atoms with Gasteiger partial charge < -0.3 is 25.8 Å². The van der Waals surface area contributed by atoms with Gasteiger partial charge in [-0.05, 0) is 6.92 Å². The van der Waals surface area contributed by atoms with Gasteiger partial charge in [0.1, 0.15) is 25.1 Å². The summed E-state index contributed by atoms with van der Waals surface area (Å²) in [4.78, 5) is 53.3. The number of rotatable bonds is 9. The Kier molecular flexibility index (Phi) is 11.0. The summed E-state index contributed by atoms with van der Waals surface area (Å²) in [5.74, 6) is -2.56. The first kappa shape index (κ1) is 32.6. The summed E-state index contributed by atoms with van der Waals surface area (Å²) < 4.78 is 6.53. The monoisotopic (exact) mass is 676 g/mol. The molecule has 2 amide bonds. The zero-order valence-corrected chi connectivity index (χ0v) is 26.1. The standard InChI is InChI=1S/C22H20N8O5S4.2ClH/c1-3-35-27-13(16-26-21(23)39-28-16)17(31)25-14-18(32)30-15(20(33)34)12(9-36-19(14)30)38-22-24-11(8-37-22)10-4-6-29(2)7-5-10;;/h4-8,14,19H,3,9H2,1-2H3,(H3-,23,25,26,28,31,33,34);2*1H/b27-13-;;/t14-,19-;;/m1../s1. The highest BCUT2D eigenvalue weighted by Gasteiger charge is 2.53. The molecule has 0 aliphatic carbocycles. The van der Waals surface area contributed by atoms with E-state index in [2.05, 4.69) is 24.8 Å². The lowest BCUT2D eigenvalue weighted by Crippen LogP contribution is -2.71. The fourth-order valence-electron chi connectivity index (χ4n) is 3.73. The van der Waals surface area contributed by atoms with Crippen LogP contribution in [0, 0.1) is 0 Å². The molecule has 41 heavy (non-hydrogen) atoms. The van der Waals surface area contributed by atoms with Crippen LogP contribution >= 0.6 is 71.2 Å². The quantitative estimate of drug-likeness (QED) is 0.142. The van der Waals surface area contributed by atoms with Gasteiger partial charge in [0.25, 0.3) is 11.8 Å². The Bertz CT molecular complexity index is 1510. The number of anilines is 1. The van der Waals surface area contributed by atoms with Crippen LogP contribution < -0.4 is 20.7 Å². The molecule has 3 N–H and O–H groups in total. The maximum absolute atomic E-state index is 13.1. The van der Waals surface area contributed by atoms with Crippen molar-refractivity contribution in [1.29, 1.82) is 0 Å². The third kappa shape index (κ3) is 6.76. The number of aromatic nitrogens is 4. The highest BCUT2D eigenvalue weighted by molar-refractivity contribution is 8.07.